The molecular weight excluding hydrogens is 296 g/mol. The smallest absolute Gasteiger partial charge is 0.261 e. The van der Waals surface area contributed by atoms with Crippen LogP contribution >= 0.6 is 10.7 Å². The van der Waals surface area contributed by atoms with Crippen LogP contribution in [-0.4, -0.2) is 15.0 Å². The van der Waals surface area contributed by atoms with E-state index in [4.69, 9.17) is 15.4 Å². The molecular formula is C15H23ClO3S. The van der Waals surface area contributed by atoms with Crippen LogP contribution in [0.1, 0.15) is 52.0 Å². The first-order valence-corrected chi connectivity index (χ1v) is 9.31. The van der Waals surface area contributed by atoms with Crippen LogP contribution in [0.2, 0.25) is 0 Å². The zero-order valence-electron chi connectivity index (χ0n) is 12.5. The van der Waals surface area contributed by atoms with Crippen LogP contribution in [0.3, 0.4) is 0 Å². The Hall–Kier alpha value is -0.740. The van der Waals surface area contributed by atoms with E-state index in [1.165, 1.54) is 6.07 Å². The Bertz CT molecular complexity index is 534. The Labute approximate surface area is 126 Å². The van der Waals surface area contributed by atoms with E-state index >= 15 is 0 Å². The van der Waals surface area contributed by atoms with Gasteiger partial charge in [0.25, 0.3) is 9.05 Å². The molecule has 3 nitrogen and oxygen atoms in total. The first-order chi connectivity index (χ1) is 9.29. The highest BCUT2D eigenvalue weighted by Crippen LogP contribution is 2.30. The standard InChI is InChI=1S/C15H23ClO3S/c1-5-12(6-2)10-19-15-8-7-13(20(16,17)18)9-14(15)11(3)4/h7-9,11-12H,5-6,10H2,1-4H3. The molecule has 114 valence electrons. The zero-order valence-corrected chi connectivity index (χ0v) is 14.1. The molecule has 0 saturated heterocycles. The summed E-state index contributed by atoms with van der Waals surface area (Å²) in [5.41, 5.74) is 0.873. The van der Waals surface area contributed by atoms with E-state index in [1.807, 2.05) is 13.8 Å². The van der Waals surface area contributed by atoms with Crippen molar-refractivity contribution in [3.8, 4) is 5.75 Å². The molecule has 1 rings (SSSR count). The van der Waals surface area contributed by atoms with Gasteiger partial charge in [-0.3, -0.25) is 0 Å². The minimum atomic E-state index is -3.70. The number of benzene rings is 1. The summed E-state index contributed by atoms with van der Waals surface area (Å²) in [6, 6.07) is 4.80. The quantitative estimate of drug-likeness (QED) is 0.692. The first-order valence-electron chi connectivity index (χ1n) is 7.00. The minimum Gasteiger partial charge on any atom is -0.493 e. The molecule has 0 bridgehead atoms. The second-order valence-corrected chi connectivity index (χ2v) is 7.85. The molecule has 5 heteroatoms. The van der Waals surface area contributed by atoms with Gasteiger partial charge in [0.05, 0.1) is 11.5 Å². The average Bonchev–Trinajstić information content (AvgIpc) is 2.38. The largest absolute Gasteiger partial charge is 0.493 e. The van der Waals surface area contributed by atoms with Gasteiger partial charge >= 0.3 is 0 Å². The van der Waals surface area contributed by atoms with Gasteiger partial charge in [0, 0.05) is 10.7 Å². The molecule has 0 fully saturated rings. The summed E-state index contributed by atoms with van der Waals surface area (Å²) in [6.45, 7) is 8.95. The maximum absolute atomic E-state index is 11.4. The van der Waals surface area contributed by atoms with Crippen molar-refractivity contribution in [2.75, 3.05) is 6.61 Å². The van der Waals surface area contributed by atoms with Gasteiger partial charge in [-0.25, -0.2) is 8.42 Å². The third-order valence-electron chi connectivity index (χ3n) is 3.51. The number of ether oxygens (including phenoxy) is 1. The number of hydrogen-bond acceptors (Lipinski definition) is 3. The van der Waals surface area contributed by atoms with Gasteiger partial charge in [0.1, 0.15) is 5.75 Å². The molecule has 0 aromatic heterocycles. The summed E-state index contributed by atoms with van der Waals surface area (Å²) in [4.78, 5) is 0.123. The third-order valence-corrected chi connectivity index (χ3v) is 4.87. The second-order valence-electron chi connectivity index (χ2n) is 5.29. The Morgan fingerprint density at radius 2 is 1.80 bits per heavy atom. The van der Waals surface area contributed by atoms with Gasteiger partial charge in [-0.15, -0.1) is 0 Å². The Morgan fingerprint density at radius 3 is 2.25 bits per heavy atom. The predicted molar refractivity (Wildman–Crippen MR) is 83.1 cm³/mol. The van der Waals surface area contributed by atoms with Crippen molar-refractivity contribution in [3.63, 3.8) is 0 Å². The SMILES string of the molecule is CCC(CC)COc1ccc(S(=O)(=O)Cl)cc1C(C)C. The Balaban J connectivity index is 3.02. The highest BCUT2D eigenvalue weighted by atomic mass is 35.7. The molecule has 0 spiro atoms. The summed E-state index contributed by atoms with van der Waals surface area (Å²) in [6.07, 6.45) is 2.14. The van der Waals surface area contributed by atoms with Gasteiger partial charge in [-0.2, -0.15) is 0 Å². The lowest BCUT2D eigenvalue weighted by atomic mass is 10.0. The first kappa shape index (κ1) is 17.3. The zero-order chi connectivity index (χ0) is 15.3. The van der Waals surface area contributed by atoms with Crippen molar-refractivity contribution in [2.45, 2.75) is 51.3 Å². The van der Waals surface area contributed by atoms with Crippen molar-refractivity contribution in [1.82, 2.24) is 0 Å². The molecule has 0 atom stereocenters. The van der Waals surface area contributed by atoms with E-state index in [1.54, 1.807) is 12.1 Å². The van der Waals surface area contributed by atoms with Crippen LogP contribution in [-0.2, 0) is 9.05 Å². The molecule has 1 aromatic rings. The summed E-state index contributed by atoms with van der Waals surface area (Å²) >= 11 is 0. The fourth-order valence-corrected chi connectivity index (χ4v) is 2.78. The molecule has 0 radical (unpaired) electrons. The topological polar surface area (TPSA) is 43.4 Å². The number of hydrogen-bond donors (Lipinski definition) is 0. The molecule has 0 heterocycles. The molecule has 20 heavy (non-hydrogen) atoms. The Kier molecular flexibility index (Phi) is 6.34. The molecule has 0 aliphatic heterocycles. The van der Waals surface area contributed by atoms with Crippen LogP contribution in [0.4, 0.5) is 0 Å². The van der Waals surface area contributed by atoms with Crippen LogP contribution in [0.15, 0.2) is 23.1 Å². The van der Waals surface area contributed by atoms with E-state index in [0.717, 1.165) is 24.2 Å². The van der Waals surface area contributed by atoms with Gasteiger partial charge in [0.2, 0.25) is 0 Å². The van der Waals surface area contributed by atoms with Gasteiger partial charge < -0.3 is 4.74 Å². The highest BCUT2D eigenvalue weighted by molar-refractivity contribution is 8.13. The molecule has 0 unspecified atom stereocenters. The van der Waals surface area contributed by atoms with E-state index < -0.39 is 9.05 Å². The fraction of sp³-hybridized carbons (Fsp3) is 0.600. The maximum atomic E-state index is 11.4. The van der Waals surface area contributed by atoms with Crippen molar-refractivity contribution in [3.05, 3.63) is 23.8 Å². The maximum Gasteiger partial charge on any atom is 0.261 e. The van der Waals surface area contributed by atoms with E-state index in [-0.39, 0.29) is 10.8 Å². The fourth-order valence-electron chi connectivity index (χ4n) is 1.99. The second kappa shape index (κ2) is 7.32. The predicted octanol–water partition coefficient (Wildman–Crippen LogP) is 4.55. The minimum absolute atomic E-state index is 0.123. The third kappa shape index (κ3) is 4.67. The van der Waals surface area contributed by atoms with Crippen molar-refractivity contribution < 1.29 is 13.2 Å². The van der Waals surface area contributed by atoms with Crippen LogP contribution in [0.25, 0.3) is 0 Å². The molecule has 0 aliphatic carbocycles. The summed E-state index contributed by atoms with van der Waals surface area (Å²) < 4.78 is 28.7. The summed E-state index contributed by atoms with van der Waals surface area (Å²) in [5.74, 6) is 1.44. The molecule has 0 aliphatic rings. The van der Waals surface area contributed by atoms with Gasteiger partial charge in [-0.05, 0) is 35.6 Å². The van der Waals surface area contributed by atoms with Crippen LogP contribution < -0.4 is 4.74 Å². The van der Waals surface area contributed by atoms with E-state index in [9.17, 15) is 8.42 Å². The summed E-state index contributed by atoms with van der Waals surface area (Å²) in [7, 11) is 1.69. The molecule has 0 saturated carbocycles. The normalized spacial score (nSPS) is 12.2. The van der Waals surface area contributed by atoms with Gasteiger partial charge in [0.15, 0.2) is 0 Å². The summed E-state index contributed by atoms with van der Waals surface area (Å²) in [5, 5.41) is 0. The lowest BCUT2D eigenvalue weighted by Gasteiger charge is -2.18. The van der Waals surface area contributed by atoms with Crippen LogP contribution in [0.5, 0.6) is 5.75 Å². The molecule has 0 N–H and O–H groups in total. The lowest BCUT2D eigenvalue weighted by molar-refractivity contribution is 0.238. The highest BCUT2D eigenvalue weighted by Gasteiger charge is 2.16. The number of halogens is 1. The van der Waals surface area contributed by atoms with Crippen molar-refractivity contribution in [2.24, 2.45) is 5.92 Å². The number of rotatable bonds is 7. The lowest BCUT2D eigenvalue weighted by Crippen LogP contribution is -2.11. The monoisotopic (exact) mass is 318 g/mol. The van der Waals surface area contributed by atoms with Gasteiger partial charge in [-0.1, -0.05) is 40.5 Å². The van der Waals surface area contributed by atoms with Crippen molar-refractivity contribution in [1.29, 1.82) is 0 Å². The average molecular weight is 319 g/mol. The van der Waals surface area contributed by atoms with E-state index in [2.05, 4.69) is 13.8 Å². The van der Waals surface area contributed by atoms with E-state index in [0.29, 0.717) is 12.5 Å². The van der Waals surface area contributed by atoms with Crippen LogP contribution in [0, 0.1) is 5.92 Å². The molecule has 0 amide bonds. The Morgan fingerprint density at radius 1 is 1.20 bits per heavy atom. The molecule has 1 aromatic carbocycles. The van der Waals surface area contributed by atoms with Crippen molar-refractivity contribution >= 4 is 19.7 Å².